The summed E-state index contributed by atoms with van der Waals surface area (Å²) >= 11 is 0. The van der Waals surface area contributed by atoms with E-state index in [4.69, 9.17) is 0 Å². The maximum absolute atomic E-state index is 11.5. The quantitative estimate of drug-likeness (QED) is 0.574. The van der Waals surface area contributed by atoms with Gasteiger partial charge in [-0.1, -0.05) is 20.8 Å². The summed E-state index contributed by atoms with van der Waals surface area (Å²) in [6.45, 7) is 6.94. The molecule has 4 saturated carbocycles. The number of carbonyl (C=O) groups excluding carboxylic acids is 1. The van der Waals surface area contributed by atoms with Crippen LogP contribution in [0.5, 0.6) is 0 Å². The van der Waals surface area contributed by atoms with E-state index >= 15 is 0 Å². The van der Waals surface area contributed by atoms with Gasteiger partial charge in [-0.3, -0.25) is 0 Å². The molecule has 0 spiro atoms. The Labute approximate surface area is 204 Å². The Bertz CT molecular complexity index is 614. The van der Waals surface area contributed by atoms with Gasteiger partial charge in [0.25, 0.3) is 0 Å². The molecule has 0 radical (unpaired) electrons. The van der Waals surface area contributed by atoms with Crippen LogP contribution in [0.25, 0.3) is 0 Å². The fourth-order valence-electron chi connectivity index (χ4n) is 8.71. The number of carbonyl (C=O) groups is 1. The van der Waals surface area contributed by atoms with Gasteiger partial charge in [0.2, 0.25) is 0 Å². The van der Waals surface area contributed by atoms with Crippen molar-refractivity contribution in [3.05, 3.63) is 0 Å². The maximum atomic E-state index is 11.5. The maximum Gasteiger partial charge on any atom is 1.00 e. The second-order valence-electron chi connectivity index (χ2n) is 11.3. The fraction of sp³-hybridized carbons (Fsp3) is 0.958. The van der Waals surface area contributed by atoms with Gasteiger partial charge < -0.3 is 25.6 Å². The van der Waals surface area contributed by atoms with Crippen molar-refractivity contribution in [2.75, 3.05) is 0 Å². The van der Waals surface area contributed by atoms with E-state index in [1.807, 2.05) is 0 Å². The molecule has 0 aromatic rings. The van der Waals surface area contributed by atoms with Gasteiger partial charge >= 0.3 is 29.6 Å². The molecule has 6 heteroatoms. The van der Waals surface area contributed by atoms with Crippen LogP contribution in [-0.2, 0) is 4.79 Å². The molecule has 0 heterocycles. The van der Waals surface area contributed by atoms with Gasteiger partial charge in [0.15, 0.2) is 0 Å². The third kappa shape index (κ3) is 4.17. The summed E-state index contributed by atoms with van der Waals surface area (Å²) in [5.74, 6) is 2.19. The number of hydrogen-bond acceptors (Lipinski definition) is 4. The van der Waals surface area contributed by atoms with Crippen LogP contribution < -0.4 is 34.7 Å². The normalized spacial score (nSPS) is 48.2. The molecule has 4 rings (SSSR count). The first-order chi connectivity index (χ1) is 13.2. The van der Waals surface area contributed by atoms with Gasteiger partial charge in [-0.25, -0.2) is 0 Å². The zero-order valence-corrected chi connectivity index (χ0v) is 21.4. The smallest absolute Gasteiger partial charge is 0.550 e. The third-order valence-electron chi connectivity index (χ3n) is 10.3. The van der Waals surface area contributed by atoms with Crippen LogP contribution in [0.15, 0.2) is 0 Å². The van der Waals surface area contributed by atoms with E-state index in [0.717, 1.165) is 32.1 Å². The monoisotopic (exact) mass is 432 g/mol. The van der Waals surface area contributed by atoms with E-state index in [9.17, 15) is 20.1 Å². The van der Waals surface area contributed by atoms with Crippen molar-refractivity contribution in [1.29, 1.82) is 0 Å². The molecule has 0 amide bonds. The van der Waals surface area contributed by atoms with Crippen molar-refractivity contribution < 1.29 is 55.1 Å². The number of carboxylic acid groups (broad SMARTS) is 1. The van der Waals surface area contributed by atoms with Gasteiger partial charge in [0, 0.05) is 5.97 Å². The molecular formula is C24H41NaO5. The van der Waals surface area contributed by atoms with Gasteiger partial charge in [-0.2, -0.15) is 0 Å². The zero-order chi connectivity index (χ0) is 20.3. The van der Waals surface area contributed by atoms with E-state index in [2.05, 4.69) is 20.8 Å². The number of aliphatic carboxylic acids is 1. The van der Waals surface area contributed by atoms with Gasteiger partial charge in [-0.05, 0) is 111 Å². The predicted octanol–water partition coefficient (Wildman–Crippen LogP) is -0.677. The Balaban J connectivity index is 0.00000160. The molecule has 5 nitrogen and oxygen atoms in total. The number of aliphatic hydroxyl groups is 2. The fourth-order valence-corrected chi connectivity index (χ4v) is 8.71. The second kappa shape index (κ2) is 9.69. The van der Waals surface area contributed by atoms with Crippen molar-refractivity contribution in [1.82, 2.24) is 0 Å². The Hall–Kier alpha value is 0.350. The van der Waals surface area contributed by atoms with Crippen molar-refractivity contribution >= 4 is 5.97 Å². The predicted molar refractivity (Wildman–Crippen MR) is 110 cm³/mol. The van der Waals surface area contributed by atoms with Crippen LogP contribution in [-0.4, -0.2) is 33.9 Å². The molecule has 10 atom stereocenters. The number of rotatable bonds is 4. The van der Waals surface area contributed by atoms with E-state index in [0.29, 0.717) is 41.9 Å². The topological polar surface area (TPSA) is 112 Å². The van der Waals surface area contributed by atoms with Crippen LogP contribution in [0.4, 0.5) is 0 Å². The molecule has 0 aromatic heterocycles. The third-order valence-corrected chi connectivity index (χ3v) is 10.3. The average molecular weight is 433 g/mol. The Morgan fingerprint density at radius 3 is 2.43 bits per heavy atom. The largest absolute Gasteiger partial charge is 1.00 e. The minimum atomic E-state index is -0.957. The van der Waals surface area contributed by atoms with Crippen molar-refractivity contribution in [3.8, 4) is 0 Å². The van der Waals surface area contributed by atoms with E-state index < -0.39 is 5.97 Å². The number of aliphatic hydroxyl groups excluding tert-OH is 2. The Morgan fingerprint density at radius 1 is 1.07 bits per heavy atom. The van der Waals surface area contributed by atoms with Gasteiger partial charge in [0.1, 0.15) is 0 Å². The summed E-state index contributed by atoms with van der Waals surface area (Å²) in [7, 11) is 0. The van der Waals surface area contributed by atoms with E-state index in [1.165, 1.54) is 19.3 Å². The summed E-state index contributed by atoms with van der Waals surface area (Å²) < 4.78 is 0. The number of fused-ring (bicyclic) bond motifs is 5. The molecule has 4 aliphatic rings. The summed E-state index contributed by atoms with van der Waals surface area (Å²) in [5, 5.41) is 32.6. The summed E-state index contributed by atoms with van der Waals surface area (Å²) in [4.78, 5) is 10.9. The molecule has 30 heavy (non-hydrogen) atoms. The van der Waals surface area contributed by atoms with Gasteiger partial charge in [0.05, 0.1) is 12.2 Å². The van der Waals surface area contributed by atoms with Crippen LogP contribution in [0, 0.1) is 46.3 Å². The number of hydrogen-bond donors (Lipinski definition) is 2. The van der Waals surface area contributed by atoms with Crippen LogP contribution >= 0.6 is 0 Å². The van der Waals surface area contributed by atoms with Crippen molar-refractivity contribution in [3.63, 3.8) is 0 Å². The molecule has 0 aromatic carbocycles. The summed E-state index contributed by atoms with van der Waals surface area (Å²) in [6, 6.07) is 0. The molecule has 0 bridgehead atoms. The molecule has 4 N–H and O–H groups in total. The summed E-state index contributed by atoms with van der Waals surface area (Å²) in [5.41, 5.74) is 0.188. The van der Waals surface area contributed by atoms with E-state index in [-0.39, 0.29) is 64.5 Å². The molecule has 0 unspecified atom stereocenters. The molecule has 4 aliphatic carbocycles. The van der Waals surface area contributed by atoms with Crippen molar-refractivity contribution in [2.24, 2.45) is 46.3 Å². The van der Waals surface area contributed by atoms with Crippen LogP contribution in [0.1, 0.15) is 85.0 Å². The average Bonchev–Trinajstić information content (AvgIpc) is 3.00. The van der Waals surface area contributed by atoms with Crippen LogP contribution in [0.2, 0.25) is 0 Å². The second-order valence-corrected chi connectivity index (χ2v) is 11.3. The molecule has 0 saturated heterocycles. The van der Waals surface area contributed by atoms with Gasteiger partial charge in [-0.15, -0.1) is 0 Å². The first-order valence-electron chi connectivity index (χ1n) is 11.7. The Morgan fingerprint density at radius 2 is 1.77 bits per heavy atom. The first-order valence-corrected chi connectivity index (χ1v) is 11.7. The van der Waals surface area contributed by atoms with Crippen LogP contribution in [0.3, 0.4) is 0 Å². The minimum Gasteiger partial charge on any atom is -0.550 e. The standard InChI is InChI=1S/C24H40O4.Na.H2O/c1-14(4-9-22(27)28)18-7-8-19-17-6-5-15-12-16(25)10-11-23(15,2)20(17)13-21(26)24(18,19)3;;/h14-21,25-26H,4-13H2,1-3H3,(H,27,28);;1H2/q;+1;/p-1/t14-,15-,16-,17+,18-,19+,20-,21+,23+,24-;;/m1../s1. The van der Waals surface area contributed by atoms with Crippen molar-refractivity contribution in [2.45, 2.75) is 97.2 Å². The molecular weight excluding hydrogens is 391 g/mol. The zero-order valence-electron chi connectivity index (χ0n) is 19.4. The molecule has 4 fully saturated rings. The minimum absolute atomic E-state index is 0. The molecule has 168 valence electrons. The number of carboxylic acids is 1. The summed E-state index contributed by atoms with van der Waals surface area (Å²) in [6.07, 6.45) is 8.98. The molecule has 0 aliphatic heterocycles. The SMILES string of the molecule is C[C@H](CCC(=O)[O-])[C@H]1CC[C@H]2[C@@H]3CC[C@@H]4C[C@H](O)CC[C@]4(C)[C@@H]3C[C@H](O)[C@]12C.O.[Na+]. The Kier molecular flexibility index (Phi) is 8.59. The van der Waals surface area contributed by atoms with E-state index in [1.54, 1.807) is 0 Å². The first kappa shape index (κ1) is 26.6.